The van der Waals surface area contributed by atoms with Crippen LogP contribution in [0.5, 0.6) is 5.75 Å². The average Bonchev–Trinajstić information content (AvgIpc) is 2.44. The van der Waals surface area contributed by atoms with Crippen molar-refractivity contribution in [1.82, 2.24) is 5.32 Å². The molecule has 0 aliphatic rings. The molecule has 0 aliphatic carbocycles. The third-order valence-electron chi connectivity index (χ3n) is 2.89. The number of rotatable bonds is 6. The number of halogens is 1. The Morgan fingerprint density at radius 2 is 1.90 bits per heavy atom. The van der Waals surface area contributed by atoms with Crippen molar-refractivity contribution in [2.75, 3.05) is 13.7 Å². The van der Waals surface area contributed by atoms with Crippen LogP contribution < -0.4 is 11.1 Å². The highest BCUT2D eigenvalue weighted by Gasteiger charge is 2.21. The summed E-state index contributed by atoms with van der Waals surface area (Å²) in [6.07, 6.45) is 0.409. The van der Waals surface area contributed by atoms with Gasteiger partial charge in [0, 0.05) is 6.54 Å². The van der Waals surface area contributed by atoms with E-state index in [4.69, 9.17) is 10.5 Å². The van der Waals surface area contributed by atoms with Crippen LogP contribution in [0.3, 0.4) is 0 Å². The monoisotopic (exact) mass is 316 g/mol. The highest BCUT2D eigenvalue weighted by molar-refractivity contribution is 5.85. The Hall–Kier alpha value is -1.79. The molecule has 21 heavy (non-hydrogen) atoms. The van der Waals surface area contributed by atoms with Gasteiger partial charge in [-0.2, -0.15) is 0 Å². The summed E-state index contributed by atoms with van der Waals surface area (Å²) in [7, 11) is 1.31. The second-order valence-electron chi connectivity index (χ2n) is 4.62. The van der Waals surface area contributed by atoms with Crippen LogP contribution in [0, 0.1) is 5.92 Å². The number of benzene rings is 1. The van der Waals surface area contributed by atoms with Crippen molar-refractivity contribution in [2.24, 2.45) is 11.7 Å². The molecule has 1 aromatic rings. The minimum absolute atomic E-state index is 0. The van der Waals surface area contributed by atoms with Gasteiger partial charge in [-0.1, -0.05) is 12.1 Å². The van der Waals surface area contributed by atoms with E-state index in [2.05, 4.69) is 5.32 Å². The summed E-state index contributed by atoms with van der Waals surface area (Å²) in [4.78, 5) is 23.1. The first-order valence-corrected chi connectivity index (χ1v) is 6.33. The van der Waals surface area contributed by atoms with Crippen molar-refractivity contribution in [3.8, 4) is 5.75 Å². The zero-order valence-electron chi connectivity index (χ0n) is 12.0. The molecule has 0 saturated carbocycles. The molecule has 6 nitrogen and oxygen atoms in total. The lowest BCUT2D eigenvalue weighted by Crippen LogP contribution is -2.42. The number of phenols is 1. The zero-order valence-corrected chi connectivity index (χ0v) is 12.9. The van der Waals surface area contributed by atoms with Crippen molar-refractivity contribution < 1.29 is 19.4 Å². The Labute approximate surface area is 130 Å². The van der Waals surface area contributed by atoms with Crippen LogP contribution in [0.1, 0.15) is 12.5 Å². The van der Waals surface area contributed by atoms with Gasteiger partial charge in [0.05, 0.1) is 19.1 Å². The Kier molecular flexibility index (Phi) is 8.42. The van der Waals surface area contributed by atoms with Crippen molar-refractivity contribution in [3.05, 3.63) is 29.8 Å². The molecule has 118 valence electrons. The first-order valence-electron chi connectivity index (χ1n) is 6.33. The van der Waals surface area contributed by atoms with Crippen LogP contribution >= 0.6 is 12.4 Å². The smallest absolute Gasteiger partial charge is 0.310 e. The molecule has 0 heterocycles. The van der Waals surface area contributed by atoms with E-state index in [0.29, 0.717) is 6.42 Å². The van der Waals surface area contributed by atoms with Crippen LogP contribution in [0.4, 0.5) is 0 Å². The van der Waals surface area contributed by atoms with Crippen LogP contribution in [-0.4, -0.2) is 36.7 Å². The predicted molar refractivity (Wildman–Crippen MR) is 81.2 cm³/mol. The normalized spacial score (nSPS) is 12.7. The van der Waals surface area contributed by atoms with E-state index < -0.39 is 17.9 Å². The lowest BCUT2D eigenvalue weighted by Gasteiger charge is -2.16. The standard InChI is InChI=1S/C14H20N2O4.ClH/c1-9(15)13(18)16-8-11(14(19)20-2)7-10-3-5-12(17)6-4-10;/h3-6,9,11,17H,7-8,15H2,1-2H3,(H,16,18);1H. The molecule has 1 aromatic carbocycles. The molecule has 0 spiro atoms. The third kappa shape index (κ3) is 6.46. The van der Waals surface area contributed by atoms with E-state index in [1.54, 1.807) is 31.2 Å². The van der Waals surface area contributed by atoms with E-state index in [0.717, 1.165) is 5.56 Å². The molecule has 0 fully saturated rings. The predicted octanol–water partition coefficient (Wildman–Crippen LogP) is 0.609. The van der Waals surface area contributed by atoms with E-state index >= 15 is 0 Å². The van der Waals surface area contributed by atoms with Gasteiger partial charge in [0.25, 0.3) is 0 Å². The molecule has 4 N–H and O–H groups in total. The Morgan fingerprint density at radius 3 is 2.38 bits per heavy atom. The van der Waals surface area contributed by atoms with E-state index in [1.165, 1.54) is 7.11 Å². The first kappa shape index (κ1) is 19.2. The Bertz CT molecular complexity index is 463. The summed E-state index contributed by atoms with van der Waals surface area (Å²) >= 11 is 0. The summed E-state index contributed by atoms with van der Waals surface area (Å²) in [6.45, 7) is 1.73. The maximum absolute atomic E-state index is 11.7. The molecule has 7 heteroatoms. The van der Waals surface area contributed by atoms with Crippen LogP contribution in [0.15, 0.2) is 24.3 Å². The zero-order chi connectivity index (χ0) is 15.1. The summed E-state index contributed by atoms with van der Waals surface area (Å²) in [5.41, 5.74) is 6.31. The van der Waals surface area contributed by atoms with Crippen LogP contribution in [0.2, 0.25) is 0 Å². The maximum Gasteiger partial charge on any atom is 0.310 e. The van der Waals surface area contributed by atoms with Crippen molar-refractivity contribution in [2.45, 2.75) is 19.4 Å². The van der Waals surface area contributed by atoms with Gasteiger partial charge in [-0.15, -0.1) is 12.4 Å². The number of esters is 1. The number of carbonyl (C=O) groups excluding carboxylic acids is 2. The van der Waals surface area contributed by atoms with Gasteiger partial charge in [0.15, 0.2) is 0 Å². The van der Waals surface area contributed by atoms with Crippen molar-refractivity contribution in [3.63, 3.8) is 0 Å². The van der Waals surface area contributed by atoms with Crippen molar-refractivity contribution >= 4 is 24.3 Å². The SMILES string of the molecule is COC(=O)C(CNC(=O)C(C)N)Cc1ccc(O)cc1.Cl. The number of aromatic hydroxyl groups is 1. The number of nitrogens with one attached hydrogen (secondary N) is 1. The van der Waals surface area contributed by atoms with Crippen LogP contribution in [0.25, 0.3) is 0 Å². The highest BCUT2D eigenvalue weighted by atomic mass is 35.5. The van der Waals surface area contributed by atoms with Crippen LogP contribution in [-0.2, 0) is 20.7 Å². The van der Waals surface area contributed by atoms with E-state index in [9.17, 15) is 14.7 Å². The Morgan fingerprint density at radius 1 is 1.33 bits per heavy atom. The number of amides is 1. The van der Waals surface area contributed by atoms with Crippen molar-refractivity contribution in [1.29, 1.82) is 0 Å². The molecular weight excluding hydrogens is 296 g/mol. The number of ether oxygens (including phenoxy) is 1. The third-order valence-corrected chi connectivity index (χ3v) is 2.89. The van der Waals surface area contributed by atoms with E-state index in [-0.39, 0.29) is 30.6 Å². The number of nitrogens with two attached hydrogens (primary N) is 1. The average molecular weight is 317 g/mol. The summed E-state index contributed by atoms with van der Waals surface area (Å²) in [6, 6.07) is 5.91. The molecule has 0 aromatic heterocycles. The fraction of sp³-hybridized carbons (Fsp3) is 0.429. The Balaban J connectivity index is 0.00000400. The number of hydrogen-bond acceptors (Lipinski definition) is 5. The summed E-state index contributed by atoms with van der Waals surface area (Å²) in [5, 5.41) is 11.8. The van der Waals surface area contributed by atoms with Gasteiger partial charge in [-0.05, 0) is 31.0 Å². The lowest BCUT2D eigenvalue weighted by molar-refractivity contribution is -0.145. The van der Waals surface area contributed by atoms with Gasteiger partial charge in [0.2, 0.25) is 5.91 Å². The number of carbonyl (C=O) groups is 2. The number of phenolic OH excluding ortho intramolecular Hbond substituents is 1. The van der Waals surface area contributed by atoms with Gasteiger partial charge < -0.3 is 20.9 Å². The van der Waals surface area contributed by atoms with Gasteiger partial charge in [-0.25, -0.2) is 0 Å². The van der Waals surface area contributed by atoms with Gasteiger partial charge in [0.1, 0.15) is 5.75 Å². The van der Waals surface area contributed by atoms with E-state index in [1.807, 2.05) is 0 Å². The summed E-state index contributed by atoms with van der Waals surface area (Å²) < 4.78 is 4.73. The molecule has 0 bridgehead atoms. The second kappa shape index (κ2) is 9.20. The first-order chi connectivity index (χ1) is 9.43. The minimum atomic E-state index is -0.623. The second-order valence-corrected chi connectivity index (χ2v) is 4.62. The molecule has 0 aliphatic heterocycles. The number of hydrogen-bond donors (Lipinski definition) is 3. The molecule has 0 saturated heterocycles. The molecule has 1 amide bonds. The molecule has 1 rings (SSSR count). The van der Waals surface area contributed by atoms with Gasteiger partial charge in [-0.3, -0.25) is 9.59 Å². The molecule has 2 atom stereocenters. The quantitative estimate of drug-likeness (QED) is 0.667. The van der Waals surface area contributed by atoms with Gasteiger partial charge >= 0.3 is 5.97 Å². The maximum atomic E-state index is 11.7. The fourth-order valence-electron chi connectivity index (χ4n) is 1.71. The number of methoxy groups -OCH3 is 1. The fourth-order valence-corrected chi connectivity index (χ4v) is 1.71. The largest absolute Gasteiger partial charge is 0.508 e. The molecular formula is C14H21ClN2O4. The lowest BCUT2D eigenvalue weighted by atomic mass is 9.99. The summed E-state index contributed by atoms with van der Waals surface area (Å²) in [5.74, 6) is -1.05. The highest BCUT2D eigenvalue weighted by Crippen LogP contribution is 2.14. The molecule has 0 radical (unpaired) electrons. The molecule has 2 unspecified atom stereocenters. The topological polar surface area (TPSA) is 102 Å². The minimum Gasteiger partial charge on any atom is -0.508 e.